The van der Waals surface area contributed by atoms with Crippen molar-refractivity contribution in [2.75, 3.05) is 11.9 Å². The standard InChI is InChI=1S/C11H18ClN3O3/c1-7(5-8(2)17)14-9-6-13-15(3-4-16)11(18)10(9)12/h6-8,14,16-17H,3-5H2,1-2H3. The highest BCUT2D eigenvalue weighted by atomic mass is 35.5. The van der Waals surface area contributed by atoms with Crippen LogP contribution in [0.4, 0.5) is 5.69 Å². The van der Waals surface area contributed by atoms with Crippen molar-refractivity contribution in [2.45, 2.75) is 39.0 Å². The summed E-state index contributed by atoms with van der Waals surface area (Å²) >= 11 is 5.93. The van der Waals surface area contributed by atoms with E-state index in [4.69, 9.17) is 16.7 Å². The van der Waals surface area contributed by atoms with Crippen LogP contribution in [-0.2, 0) is 6.54 Å². The molecule has 1 aromatic rings. The fourth-order valence-corrected chi connectivity index (χ4v) is 1.86. The highest BCUT2D eigenvalue weighted by molar-refractivity contribution is 6.32. The van der Waals surface area contributed by atoms with Crippen LogP contribution < -0.4 is 10.9 Å². The smallest absolute Gasteiger partial charge is 0.287 e. The van der Waals surface area contributed by atoms with Gasteiger partial charge in [-0.3, -0.25) is 4.79 Å². The maximum atomic E-state index is 11.8. The highest BCUT2D eigenvalue weighted by Gasteiger charge is 2.12. The predicted molar refractivity (Wildman–Crippen MR) is 70.0 cm³/mol. The number of aromatic nitrogens is 2. The zero-order valence-corrected chi connectivity index (χ0v) is 11.2. The van der Waals surface area contributed by atoms with E-state index in [1.165, 1.54) is 6.20 Å². The van der Waals surface area contributed by atoms with Gasteiger partial charge in [0, 0.05) is 6.04 Å². The summed E-state index contributed by atoms with van der Waals surface area (Å²) in [5.74, 6) is 0. The second-order valence-electron chi connectivity index (χ2n) is 4.25. The molecule has 0 saturated carbocycles. The lowest BCUT2D eigenvalue weighted by Gasteiger charge is -2.17. The maximum absolute atomic E-state index is 11.8. The van der Waals surface area contributed by atoms with Crippen LogP contribution in [0.2, 0.25) is 5.02 Å². The molecular formula is C11H18ClN3O3. The maximum Gasteiger partial charge on any atom is 0.287 e. The Morgan fingerprint density at radius 3 is 2.78 bits per heavy atom. The Morgan fingerprint density at radius 1 is 1.56 bits per heavy atom. The first kappa shape index (κ1) is 14.9. The second kappa shape index (κ2) is 6.72. The molecule has 0 amide bonds. The van der Waals surface area contributed by atoms with Crippen LogP contribution in [0.15, 0.2) is 11.0 Å². The summed E-state index contributed by atoms with van der Waals surface area (Å²) in [5.41, 5.74) is -0.0102. The molecule has 3 N–H and O–H groups in total. The first-order valence-corrected chi connectivity index (χ1v) is 6.14. The van der Waals surface area contributed by atoms with E-state index >= 15 is 0 Å². The molecule has 0 aromatic carbocycles. The molecule has 7 heteroatoms. The number of hydrogen-bond acceptors (Lipinski definition) is 5. The van der Waals surface area contributed by atoms with E-state index in [1.54, 1.807) is 6.92 Å². The molecule has 0 fully saturated rings. The van der Waals surface area contributed by atoms with Gasteiger partial charge in [0.2, 0.25) is 0 Å². The van der Waals surface area contributed by atoms with Gasteiger partial charge in [0.15, 0.2) is 0 Å². The Bertz CT molecular complexity index is 448. The molecule has 2 unspecified atom stereocenters. The minimum absolute atomic E-state index is 0.0302. The van der Waals surface area contributed by atoms with Gasteiger partial charge in [-0.1, -0.05) is 11.6 Å². The van der Waals surface area contributed by atoms with Gasteiger partial charge >= 0.3 is 0 Å². The second-order valence-corrected chi connectivity index (χ2v) is 4.63. The zero-order chi connectivity index (χ0) is 13.7. The summed E-state index contributed by atoms with van der Waals surface area (Å²) in [6.45, 7) is 3.51. The normalized spacial score (nSPS) is 14.3. The van der Waals surface area contributed by atoms with Gasteiger partial charge in [0.05, 0.1) is 31.1 Å². The molecule has 0 bridgehead atoms. The number of nitrogens with one attached hydrogen (secondary N) is 1. The summed E-state index contributed by atoms with van der Waals surface area (Å²) in [6.07, 6.45) is 1.54. The number of aliphatic hydroxyl groups is 2. The summed E-state index contributed by atoms with van der Waals surface area (Å²) in [5, 5.41) is 25.0. The third-order valence-electron chi connectivity index (χ3n) is 2.39. The average molecular weight is 276 g/mol. The Balaban J connectivity index is 2.85. The van der Waals surface area contributed by atoms with E-state index in [0.29, 0.717) is 12.1 Å². The molecule has 102 valence electrons. The zero-order valence-electron chi connectivity index (χ0n) is 10.4. The molecule has 1 aromatic heterocycles. The molecule has 18 heavy (non-hydrogen) atoms. The first-order chi connectivity index (χ1) is 8.45. The van der Waals surface area contributed by atoms with Crippen molar-refractivity contribution in [3.05, 3.63) is 21.6 Å². The third kappa shape index (κ3) is 3.97. The summed E-state index contributed by atoms with van der Waals surface area (Å²) in [7, 11) is 0. The molecule has 1 rings (SSSR count). The van der Waals surface area contributed by atoms with Crippen molar-refractivity contribution in [3.8, 4) is 0 Å². The van der Waals surface area contributed by atoms with Gasteiger partial charge in [-0.05, 0) is 20.3 Å². The number of anilines is 1. The van der Waals surface area contributed by atoms with E-state index in [0.717, 1.165) is 4.68 Å². The molecule has 0 radical (unpaired) electrons. The van der Waals surface area contributed by atoms with Crippen LogP contribution in [-0.4, -0.2) is 38.7 Å². The predicted octanol–water partition coefficient (Wildman–Crippen LogP) is 0.460. The number of aliphatic hydroxyl groups excluding tert-OH is 2. The monoisotopic (exact) mass is 275 g/mol. The number of nitrogens with zero attached hydrogens (tertiary/aromatic N) is 2. The highest BCUT2D eigenvalue weighted by Crippen LogP contribution is 2.17. The van der Waals surface area contributed by atoms with E-state index < -0.39 is 11.7 Å². The molecule has 0 saturated heterocycles. The lowest BCUT2D eigenvalue weighted by atomic mass is 10.1. The molecule has 0 aliphatic heterocycles. The molecule has 6 nitrogen and oxygen atoms in total. The molecule has 1 heterocycles. The molecule has 0 spiro atoms. The van der Waals surface area contributed by atoms with E-state index in [1.807, 2.05) is 6.92 Å². The van der Waals surface area contributed by atoms with Crippen LogP contribution in [0.1, 0.15) is 20.3 Å². The van der Waals surface area contributed by atoms with Gasteiger partial charge in [-0.15, -0.1) is 0 Å². The first-order valence-electron chi connectivity index (χ1n) is 5.76. The molecule has 0 aliphatic rings. The summed E-state index contributed by atoms with van der Waals surface area (Å²) < 4.78 is 1.10. The molecule has 2 atom stereocenters. The van der Waals surface area contributed by atoms with Crippen molar-refractivity contribution >= 4 is 17.3 Å². The van der Waals surface area contributed by atoms with E-state index in [9.17, 15) is 9.90 Å². The van der Waals surface area contributed by atoms with Crippen LogP contribution in [0, 0.1) is 0 Å². The van der Waals surface area contributed by atoms with Crippen molar-refractivity contribution < 1.29 is 10.2 Å². The quantitative estimate of drug-likeness (QED) is 0.702. The fraction of sp³-hybridized carbons (Fsp3) is 0.636. The molecule has 0 aliphatic carbocycles. The summed E-state index contributed by atoms with van der Waals surface area (Å²) in [6, 6.07) is -0.0302. The van der Waals surface area contributed by atoms with E-state index in [2.05, 4.69) is 10.4 Å². The average Bonchev–Trinajstić information content (AvgIpc) is 2.28. The minimum Gasteiger partial charge on any atom is -0.394 e. The van der Waals surface area contributed by atoms with Crippen LogP contribution in [0.3, 0.4) is 0 Å². The van der Waals surface area contributed by atoms with Gasteiger partial charge in [-0.25, -0.2) is 4.68 Å². The van der Waals surface area contributed by atoms with Crippen molar-refractivity contribution in [1.29, 1.82) is 0 Å². The Morgan fingerprint density at radius 2 is 2.22 bits per heavy atom. The lowest BCUT2D eigenvalue weighted by Crippen LogP contribution is -2.27. The van der Waals surface area contributed by atoms with Crippen molar-refractivity contribution in [2.24, 2.45) is 0 Å². The Kier molecular flexibility index (Phi) is 5.58. The third-order valence-corrected chi connectivity index (χ3v) is 2.76. The number of rotatable bonds is 6. The number of hydrogen-bond donors (Lipinski definition) is 3. The van der Waals surface area contributed by atoms with Gasteiger partial charge in [0.25, 0.3) is 5.56 Å². The van der Waals surface area contributed by atoms with Crippen LogP contribution >= 0.6 is 11.6 Å². The van der Waals surface area contributed by atoms with Crippen molar-refractivity contribution in [1.82, 2.24) is 9.78 Å². The van der Waals surface area contributed by atoms with E-state index in [-0.39, 0.29) is 24.2 Å². The molecular weight excluding hydrogens is 258 g/mol. The van der Waals surface area contributed by atoms with Crippen LogP contribution in [0.25, 0.3) is 0 Å². The Labute approximate surface area is 110 Å². The van der Waals surface area contributed by atoms with Gasteiger partial charge in [0.1, 0.15) is 5.02 Å². The largest absolute Gasteiger partial charge is 0.394 e. The van der Waals surface area contributed by atoms with Crippen molar-refractivity contribution in [3.63, 3.8) is 0 Å². The minimum atomic E-state index is -0.444. The van der Waals surface area contributed by atoms with Gasteiger partial charge < -0.3 is 15.5 Å². The lowest BCUT2D eigenvalue weighted by molar-refractivity contribution is 0.179. The van der Waals surface area contributed by atoms with Gasteiger partial charge in [-0.2, -0.15) is 5.10 Å². The summed E-state index contributed by atoms with van der Waals surface area (Å²) in [4.78, 5) is 11.8. The number of halogens is 1. The Hall–Kier alpha value is -1.11. The fourth-order valence-electron chi connectivity index (χ4n) is 1.66. The SMILES string of the molecule is CC(O)CC(C)Nc1cnn(CCO)c(=O)c1Cl. The van der Waals surface area contributed by atoms with Crippen LogP contribution in [0.5, 0.6) is 0 Å². The topological polar surface area (TPSA) is 87.4 Å².